The second kappa shape index (κ2) is 5.99. The van der Waals surface area contributed by atoms with E-state index >= 15 is 0 Å². The van der Waals surface area contributed by atoms with Crippen molar-refractivity contribution in [3.8, 4) is 11.5 Å². The first-order chi connectivity index (χ1) is 9.47. The maximum Gasteiger partial charge on any atom is 0.189 e. The number of allylic oxidation sites excluding steroid dienone is 1. The maximum atomic E-state index is 12.0. The summed E-state index contributed by atoms with van der Waals surface area (Å²) < 4.78 is 0. The molecule has 2 rings (SSSR count). The zero-order chi connectivity index (χ0) is 14.7. The Labute approximate surface area is 125 Å². The van der Waals surface area contributed by atoms with Crippen molar-refractivity contribution < 1.29 is 15.0 Å². The van der Waals surface area contributed by atoms with Crippen LogP contribution in [-0.4, -0.2) is 16.0 Å². The van der Waals surface area contributed by atoms with Gasteiger partial charge in [0.2, 0.25) is 0 Å². The van der Waals surface area contributed by atoms with Crippen LogP contribution in [0.3, 0.4) is 0 Å². The Morgan fingerprint density at radius 2 is 1.60 bits per heavy atom. The lowest BCUT2D eigenvalue weighted by Crippen LogP contribution is -1.95. The van der Waals surface area contributed by atoms with E-state index in [1.165, 1.54) is 30.3 Å². The summed E-state index contributed by atoms with van der Waals surface area (Å²) >= 11 is 11.6. The van der Waals surface area contributed by atoms with Crippen LogP contribution in [0.25, 0.3) is 6.08 Å². The van der Waals surface area contributed by atoms with Gasteiger partial charge in [-0.2, -0.15) is 0 Å². The van der Waals surface area contributed by atoms with Crippen LogP contribution in [0.1, 0.15) is 15.9 Å². The predicted molar refractivity (Wildman–Crippen MR) is 79.6 cm³/mol. The van der Waals surface area contributed by atoms with Gasteiger partial charge in [-0.1, -0.05) is 41.4 Å². The van der Waals surface area contributed by atoms with Gasteiger partial charge in [0.1, 0.15) is 11.5 Å². The van der Waals surface area contributed by atoms with E-state index in [0.29, 0.717) is 0 Å². The fourth-order valence-corrected chi connectivity index (χ4v) is 1.90. The number of phenols is 2. The zero-order valence-electron chi connectivity index (χ0n) is 10.2. The molecular formula is C15H10Cl2O3. The van der Waals surface area contributed by atoms with E-state index in [1.54, 1.807) is 18.2 Å². The van der Waals surface area contributed by atoms with Crippen molar-refractivity contribution in [2.24, 2.45) is 0 Å². The molecule has 0 fully saturated rings. The fourth-order valence-electron chi connectivity index (χ4n) is 1.58. The number of benzene rings is 2. The first-order valence-electron chi connectivity index (χ1n) is 5.67. The molecular weight excluding hydrogens is 299 g/mol. The molecule has 0 radical (unpaired) electrons. The second-order valence-corrected chi connectivity index (χ2v) is 4.89. The third-order valence-corrected chi connectivity index (χ3v) is 3.35. The van der Waals surface area contributed by atoms with Crippen LogP contribution in [0.2, 0.25) is 10.0 Å². The molecule has 2 aromatic rings. The van der Waals surface area contributed by atoms with Crippen molar-refractivity contribution in [1.82, 2.24) is 0 Å². The van der Waals surface area contributed by atoms with Crippen LogP contribution in [0.15, 0.2) is 42.5 Å². The lowest BCUT2D eigenvalue weighted by molar-refractivity contribution is 0.104. The molecule has 5 heteroatoms. The van der Waals surface area contributed by atoms with Crippen LogP contribution in [0.5, 0.6) is 11.5 Å². The van der Waals surface area contributed by atoms with Gasteiger partial charge in [0.25, 0.3) is 0 Å². The zero-order valence-corrected chi connectivity index (χ0v) is 11.7. The number of phenolic OH excluding ortho intramolecular Hbond substituents is 2. The highest BCUT2D eigenvalue weighted by molar-refractivity contribution is 6.42. The molecule has 20 heavy (non-hydrogen) atoms. The molecule has 0 saturated heterocycles. The van der Waals surface area contributed by atoms with Crippen molar-refractivity contribution in [3.05, 3.63) is 63.6 Å². The van der Waals surface area contributed by atoms with E-state index in [1.807, 2.05) is 0 Å². The molecule has 0 aliphatic rings. The Balaban J connectivity index is 2.24. The first kappa shape index (κ1) is 14.4. The number of hydrogen-bond donors (Lipinski definition) is 2. The molecule has 0 bridgehead atoms. The Kier molecular flexibility index (Phi) is 4.32. The van der Waals surface area contributed by atoms with E-state index in [-0.39, 0.29) is 27.1 Å². The molecule has 0 heterocycles. The Hall–Kier alpha value is -1.97. The molecule has 2 N–H and O–H groups in total. The highest BCUT2D eigenvalue weighted by atomic mass is 35.5. The van der Waals surface area contributed by atoms with Crippen LogP contribution in [-0.2, 0) is 0 Å². The fraction of sp³-hybridized carbons (Fsp3) is 0. The lowest BCUT2D eigenvalue weighted by Gasteiger charge is -2.03. The second-order valence-electron chi connectivity index (χ2n) is 4.07. The quantitative estimate of drug-likeness (QED) is 0.656. The Morgan fingerprint density at radius 3 is 2.25 bits per heavy atom. The largest absolute Gasteiger partial charge is 0.508 e. The van der Waals surface area contributed by atoms with Gasteiger partial charge < -0.3 is 10.2 Å². The van der Waals surface area contributed by atoms with Gasteiger partial charge in [0.15, 0.2) is 5.78 Å². The van der Waals surface area contributed by atoms with Crippen molar-refractivity contribution in [3.63, 3.8) is 0 Å². The summed E-state index contributed by atoms with van der Waals surface area (Å²) in [6, 6.07) is 8.90. The van der Waals surface area contributed by atoms with Crippen molar-refractivity contribution in [2.75, 3.05) is 0 Å². The number of aromatic hydroxyl groups is 2. The van der Waals surface area contributed by atoms with E-state index in [4.69, 9.17) is 28.3 Å². The highest BCUT2D eigenvalue weighted by Crippen LogP contribution is 2.30. The number of carbonyl (C=O) groups excluding carboxylic acids is 1. The van der Waals surface area contributed by atoms with E-state index < -0.39 is 5.78 Å². The molecule has 0 saturated carbocycles. The van der Waals surface area contributed by atoms with Gasteiger partial charge in [-0.3, -0.25) is 4.79 Å². The van der Waals surface area contributed by atoms with Crippen LogP contribution in [0, 0.1) is 0 Å². The van der Waals surface area contributed by atoms with Crippen molar-refractivity contribution >= 4 is 35.1 Å². The molecule has 2 aromatic carbocycles. The smallest absolute Gasteiger partial charge is 0.189 e. The Bertz CT molecular complexity index is 676. The van der Waals surface area contributed by atoms with E-state index in [9.17, 15) is 9.90 Å². The molecule has 0 atom stereocenters. The van der Waals surface area contributed by atoms with Crippen LogP contribution >= 0.6 is 23.2 Å². The number of carbonyl (C=O) groups is 1. The molecule has 0 aliphatic heterocycles. The minimum Gasteiger partial charge on any atom is -0.508 e. The summed E-state index contributed by atoms with van der Waals surface area (Å²) in [5.74, 6) is -0.468. The highest BCUT2D eigenvalue weighted by Gasteiger charge is 2.11. The SMILES string of the molecule is O=C(/C=C/c1ccc(O)cc1)c1cc(Cl)c(Cl)cc1O. The van der Waals surface area contributed by atoms with Gasteiger partial charge in [0.05, 0.1) is 15.6 Å². The van der Waals surface area contributed by atoms with Crippen LogP contribution in [0.4, 0.5) is 0 Å². The van der Waals surface area contributed by atoms with Gasteiger partial charge in [0, 0.05) is 6.07 Å². The third kappa shape index (κ3) is 3.32. The summed E-state index contributed by atoms with van der Waals surface area (Å²) in [4.78, 5) is 12.0. The maximum absolute atomic E-state index is 12.0. The molecule has 0 spiro atoms. The standard InChI is InChI=1S/C15H10Cl2O3/c16-12-7-11(15(20)8-13(12)17)14(19)6-3-9-1-4-10(18)5-2-9/h1-8,18,20H/b6-3+. The minimum absolute atomic E-state index is 0.0782. The molecule has 102 valence electrons. The summed E-state index contributed by atoms with van der Waals surface area (Å²) in [6.07, 6.45) is 2.88. The lowest BCUT2D eigenvalue weighted by atomic mass is 10.1. The summed E-state index contributed by atoms with van der Waals surface area (Å²) in [7, 11) is 0. The molecule has 0 amide bonds. The Morgan fingerprint density at radius 1 is 1.00 bits per heavy atom. The molecule has 0 unspecified atom stereocenters. The first-order valence-corrected chi connectivity index (χ1v) is 6.42. The number of ketones is 1. The van der Waals surface area contributed by atoms with Gasteiger partial charge >= 0.3 is 0 Å². The third-order valence-electron chi connectivity index (χ3n) is 2.62. The predicted octanol–water partition coefficient (Wildman–Crippen LogP) is 4.30. The van der Waals surface area contributed by atoms with E-state index in [0.717, 1.165) is 5.56 Å². The van der Waals surface area contributed by atoms with Gasteiger partial charge in [-0.25, -0.2) is 0 Å². The normalized spacial score (nSPS) is 10.9. The van der Waals surface area contributed by atoms with Gasteiger partial charge in [-0.05, 0) is 29.8 Å². The topological polar surface area (TPSA) is 57.5 Å². The number of halogens is 2. The monoisotopic (exact) mass is 308 g/mol. The summed E-state index contributed by atoms with van der Waals surface area (Å²) in [5.41, 5.74) is 0.824. The average Bonchev–Trinajstić information content (AvgIpc) is 2.42. The molecule has 0 aliphatic carbocycles. The number of rotatable bonds is 3. The van der Waals surface area contributed by atoms with Gasteiger partial charge in [-0.15, -0.1) is 0 Å². The summed E-state index contributed by atoms with van der Waals surface area (Å²) in [5, 5.41) is 19.2. The van der Waals surface area contributed by atoms with Crippen molar-refractivity contribution in [2.45, 2.75) is 0 Å². The average molecular weight is 309 g/mol. The molecule has 0 aromatic heterocycles. The molecule has 3 nitrogen and oxygen atoms in total. The number of hydrogen-bond acceptors (Lipinski definition) is 3. The van der Waals surface area contributed by atoms with Crippen LogP contribution < -0.4 is 0 Å². The van der Waals surface area contributed by atoms with E-state index in [2.05, 4.69) is 0 Å². The minimum atomic E-state index is -0.394. The van der Waals surface area contributed by atoms with Crippen molar-refractivity contribution in [1.29, 1.82) is 0 Å². The summed E-state index contributed by atoms with van der Waals surface area (Å²) in [6.45, 7) is 0.